The van der Waals surface area contributed by atoms with Crippen molar-refractivity contribution < 1.29 is 23.9 Å². The van der Waals surface area contributed by atoms with Gasteiger partial charge in [-0.15, -0.1) is 0 Å². The van der Waals surface area contributed by atoms with Gasteiger partial charge in [-0.1, -0.05) is 13.8 Å². The molecule has 0 spiro atoms. The van der Waals surface area contributed by atoms with Gasteiger partial charge in [0.2, 0.25) is 11.8 Å². The number of rotatable bonds is 8. The second kappa shape index (κ2) is 8.92. The zero-order chi connectivity index (χ0) is 23.9. The highest BCUT2D eigenvalue weighted by molar-refractivity contribution is 6.04. The van der Waals surface area contributed by atoms with E-state index in [1.165, 1.54) is 18.7 Å². The van der Waals surface area contributed by atoms with Gasteiger partial charge in [-0.25, -0.2) is 14.5 Å². The lowest BCUT2D eigenvalue weighted by molar-refractivity contribution is -0.147. The Labute approximate surface area is 191 Å². The Morgan fingerprint density at radius 2 is 2.00 bits per heavy atom. The molecular weight excluding hydrogens is 426 g/mol. The molecule has 0 unspecified atom stereocenters. The summed E-state index contributed by atoms with van der Waals surface area (Å²) >= 11 is 0. The number of amides is 2. The molecule has 1 saturated carbocycles. The molecule has 1 aliphatic heterocycles. The molecule has 2 aromatic rings. The maximum Gasteiger partial charge on any atom is 0.328 e. The summed E-state index contributed by atoms with van der Waals surface area (Å²) in [5.74, 6) is -0.849. The van der Waals surface area contributed by atoms with Crippen LogP contribution in [0.2, 0.25) is 0 Å². The number of esters is 1. The van der Waals surface area contributed by atoms with Gasteiger partial charge in [-0.2, -0.15) is 5.10 Å². The molecule has 2 fully saturated rings. The number of piperidine rings is 1. The molecule has 1 saturated heterocycles. The molecule has 2 aliphatic rings. The van der Waals surface area contributed by atoms with E-state index in [0.717, 1.165) is 6.42 Å². The Kier molecular flexibility index (Phi) is 6.18. The molecule has 1 N–H and O–H groups in total. The summed E-state index contributed by atoms with van der Waals surface area (Å²) < 4.78 is 6.27. The van der Waals surface area contributed by atoms with Gasteiger partial charge in [0.15, 0.2) is 11.4 Å². The van der Waals surface area contributed by atoms with Crippen LogP contribution in [0.3, 0.4) is 0 Å². The standard InChI is InChI=1S/C23H29N5O5/c1-12(2)8-16(23(32)33-4)25-22(31)18-10-14-9-17(14)28(18)19(30)11-27-21-15(6-5-7-24-21)20(26-27)13(3)29/h5-7,12,14,16-18H,8-11H2,1-4H3,(H,25,31)/t14-,16+,17-,18+/m1/s1. The second-order valence-electron chi connectivity index (χ2n) is 9.27. The first kappa shape index (κ1) is 22.9. The zero-order valence-corrected chi connectivity index (χ0v) is 19.3. The number of Topliss-reactive ketones (excluding diaryl/α,β-unsaturated/α-hetero) is 1. The summed E-state index contributed by atoms with van der Waals surface area (Å²) in [6.45, 7) is 5.21. The topological polar surface area (TPSA) is 123 Å². The van der Waals surface area contributed by atoms with Gasteiger partial charge < -0.3 is 15.0 Å². The van der Waals surface area contributed by atoms with Crippen molar-refractivity contribution in [1.29, 1.82) is 0 Å². The number of hydrogen-bond donors (Lipinski definition) is 1. The number of likely N-dealkylation sites (tertiary alicyclic amines) is 1. The Hall–Kier alpha value is -3.30. The lowest BCUT2D eigenvalue weighted by Crippen LogP contribution is -2.53. The van der Waals surface area contributed by atoms with Crippen molar-refractivity contribution in [2.24, 2.45) is 11.8 Å². The predicted molar refractivity (Wildman–Crippen MR) is 118 cm³/mol. The van der Waals surface area contributed by atoms with E-state index in [2.05, 4.69) is 15.4 Å². The molecule has 0 aromatic carbocycles. The van der Waals surface area contributed by atoms with Crippen LogP contribution in [0.5, 0.6) is 0 Å². The van der Waals surface area contributed by atoms with Gasteiger partial charge >= 0.3 is 5.97 Å². The summed E-state index contributed by atoms with van der Waals surface area (Å²) in [6.07, 6.45) is 3.46. The molecule has 2 amide bonds. The van der Waals surface area contributed by atoms with Crippen LogP contribution in [-0.2, 0) is 25.7 Å². The van der Waals surface area contributed by atoms with Crippen molar-refractivity contribution in [3.8, 4) is 0 Å². The van der Waals surface area contributed by atoms with Crippen LogP contribution in [0.25, 0.3) is 11.0 Å². The summed E-state index contributed by atoms with van der Waals surface area (Å²) in [7, 11) is 1.29. The molecule has 33 heavy (non-hydrogen) atoms. The minimum absolute atomic E-state index is 0.0111. The Bertz CT molecular complexity index is 1110. The van der Waals surface area contributed by atoms with E-state index in [1.54, 1.807) is 23.2 Å². The molecule has 0 bridgehead atoms. The Balaban J connectivity index is 1.53. The molecule has 3 heterocycles. The smallest absolute Gasteiger partial charge is 0.328 e. The molecule has 4 rings (SSSR count). The van der Waals surface area contributed by atoms with Crippen molar-refractivity contribution in [2.45, 2.75) is 64.7 Å². The quantitative estimate of drug-likeness (QED) is 0.470. The molecule has 10 heteroatoms. The van der Waals surface area contributed by atoms with Gasteiger partial charge in [0, 0.05) is 19.2 Å². The number of aromatic nitrogens is 3. The fraction of sp³-hybridized carbons (Fsp3) is 0.565. The molecule has 1 aliphatic carbocycles. The van der Waals surface area contributed by atoms with E-state index in [4.69, 9.17) is 4.74 Å². The average molecular weight is 456 g/mol. The number of methoxy groups -OCH3 is 1. The number of fused-ring (bicyclic) bond motifs is 2. The average Bonchev–Trinajstić information content (AvgIpc) is 3.27. The fourth-order valence-corrected chi connectivity index (χ4v) is 4.73. The van der Waals surface area contributed by atoms with Crippen LogP contribution >= 0.6 is 0 Å². The maximum absolute atomic E-state index is 13.3. The third-order valence-electron chi connectivity index (χ3n) is 6.33. The van der Waals surface area contributed by atoms with Gasteiger partial charge in [-0.3, -0.25) is 14.4 Å². The minimum atomic E-state index is -0.756. The normalized spacial score (nSPS) is 22.2. The summed E-state index contributed by atoms with van der Waals surface area (Å²) in [5, 5.41) is 7.70. The summed E-state index contributed by atoms with van der Waals surface area (Å²) in [5.41, 5.74) is 0.715. The molecule has 176 valence electrons. The lowest BCUT2D eigenvalue weighted by Gasteiger charge is -2.28. The van der Waals surface area contributed by atoms with Crippen LogP contribution in [-0.4, -0.2) is 68.5 Å². The number of carbonyl (C=O) groups excluding carboxylic acids is 4. The number of pyridine rings is 1. The number of hydrogen-bond acceptors (Lipinski definition) is 7. The minimum Gasteiger partial charge on any atom is -0.467 e. The first-order chi connectivity index (χ1) is 15.7. The second-order valence-corrected chi connectivity index (χ2v) is 9.27. The third kappa shape index (κ3) is 4.46. The van der Waals surface area contributed by atoms with Gasteiger partial charge in [0.1, 0.15) is 24.3 Å². The lowest BCUT2D eigenvalue weighted by atomic mass is 10.0. The highest BCUT2D eigenvalue weighted by Crippen LogP contribution is 2.48. The summed E-state index contributed by atoms with van der Waals surface area (Å²) in [4.78, 5) is 56.5. The Morgan fingerprint density at radius 1 is 1.24 bits per heavy atom. The zero-order valence-electron chi connectivity index (χ0n) is 19.3. The van der Waals surface area contributed by atoms with Crippen molar-refractivity contribution in [3.05, 3.63) is 24.0 Å². The monoisotopic (exact) mass is 455 g/mol. The summed E-state index contributed by atoms with van der Waals surface area (Å²) in [6, 6.07) is 2.07. The molecule has 10 nitrogen and oxygen atoms in total. The number of nitrogens with one attached hydrogen (secondary N) is 1. The van der Waals surface area contributed by atoms with Crippen molar-refractivity contribution in [1.82, 2.24) is 25.0 Å². The number of nitrogens with zero attached hydrogens (tertiary/aromatic N) is 4. The first-order valence-electron chi connectivity index (χ1n) is 11.2. The Morgan fingerprint density at radius 3 is 2.67 bits per heavy atom. The van der Waals surface area contributed by atoms with Gasteiger partial charge in [0.25, 0.3) is 0 Å². The van der Waals surface area contributed by atoms with Crippen LogP contribution < -0.4 is 5.32 Å². The van der Waals surface area contributed by atoms with Crippen molar-refractivity contribution in [2.75, 3.05) is 7.11 Å². The van der Waals surface area contributed by atoms with E-state index in [-0.39, 0.29) is 47.7 Å². The van der Waals surface area contributed by atoms with Crippen LogP contribution in [0.1, 0.15) is 50.5 Å². The van der Waals surface area contributed by atoms with Crippen LogP contribution in [0, 0.1) is 11.8 Å². The van der Waals surface area contributed by atoms with E-state index in [0.29, 0.717) is 23.9 Å². The van der Waals surface area contributed by atoms with Crippen molar-refractivity contribution >= 4 is 34.6 Å². The number of ether oxygens (including phenoxy) is 1. The molecule has 0 radical (unpaired) electrons. The van der Waals surface area contributed by atoms with E-state index in [1.807, 2.05) is 13.8 Å². The fourth-order valence-electron chi connectivity index (χ4n) is 4.73. The van der Waals surface area contributed by atoms with Gasteiger partial charge in [-0.05, 0) is 43.2 Å². The first-order valence-corrected chi connectivity index (χ1v) is 11.2. The van der Waals surface area contributed by atoms with E-state index >= 15 is 0 Å². The van der Waals surface area contributed by atoms with Crippen LogP contribution in [0.15, 0.2) is 18.3 Å². The van der Waals surface area contributed by atoms with Gasteiger partial charge in [0.05, 0.1) is 12.5 Å². The van der Waals surface area contributed by atoms with E-state index < -0.39 is 18.1 Å². The van der Waals surface area contributed by atoms with E-state index in [9.17, 15) is 19.2 Å². The number of carbonyl (C=O) groups is 4. The van der Waals surface area contributed by atoms with Crippen molar-refractivity contribution in [3.63, 3.8) is 0 Å². The molecule has 2 aromatic heterocycles. The third-order valence-corrected chi connectivity index (χ3v) is 6.33. The molecule has 4 atom stereocenters. The highest BCUT2D eigenvalue weighted by Gasteiger charge is 2.56. The number of ketones is 1. The largest absolute Gasteiger partial charge is 0.467 e. The highest BCUT2D eigenvalue weighted by atomic mass is 16.5. The molecular formula is C23H29N5O5. The predicted octanol–water partition coefficient (Wildman–Crippen LogP) is 1.33. The van der Waals surface area contributed by atoms with Crippen LogP contribution in [0.4, 0.5) is 0 Å². The maximum atomic E-state index is 13.3. The SMILES string of the molecule is COC(=O)[C@H](CC(C)C)NC(=O)[C@@H]1C[C@H]2C[C@H]2N1C(=O)Cn1nc(C(C)=O)c2cccnc21.